The van der Waals surface area contributed by atoms with E-state index in [0.717, 1.165) is 44.5 Å². The molecule has 318 valence electrons. The molecule has 1 N–H and O–H groups in total. The van der Waals surface area contributed by atoms with Gasteiger partial charge in [0, 0.05) is 43.6 Å². The normalized spacial score (nSPS) is 13.4. The number of ether oxygens (including phenoxy) is 4. The minimum atomic E-state index is -1.34. The van der Waals surface area contributed by atoms with Crippen molar-refractivity contribution in [2.75, 3.05) is 72.5 Å². The smallest absolute Gasteiger partial charge is 0.409 e. The average Bonchev–Trinajstić information content (AvgIpc) is 3.75. The Labute approximate surface area is 355 Å². The lowest BCUT2D eigenvalue weighted by atomic mass is 9.98. The van der Waals surface area contributed by atoms with E-state index in [2.05, 4.69) is 92.3 Å². The van der Waals surface area contributed by atoms with E-state index in [-0.39, 0.29) is 63.4 Å². The van der Waals surface area contributed by atoms with E-state index in [1.807, 2.05) is 48.5 Å². The molecule has 0 saturated carbocycles. The van der Waals surface area contributed by atoms with Crippen molar-refractivity contribution in [3.05, 3.63) is 119 Å². The Hall–Kier alpha value is -4.86. The predicted octanol–water partition coefficient (Wildman–Crippen LogP) is 9.10. The summed E-state index contributed by atoms with van der Waals surface area (Å²) in [6.07, 6.45) is -0.744. The van der Waals surface area contributed by atoms with Crippen molar-refractivity contribution < 1.29 is 37.6 Å². The van der Waals surface area contributed by atoms with Gasteiger partial charge in [-0.1, -0.05) is 97.1 Å². The molecular formula is C47H57N4O8P. The van der Waals surface area contributed by atoms with Crippen LogP contribution in [0.5, 0.6) is 0 Å². The molecule has 0 heterocycles. The highest BCUT2D eigenvalue weighted by Crippen LogP contribution is 2.47. The number of nitriles is 1. The summed E-state index contributed by atoms with van der Waals surface area (Å²) >= 11 is 0. The molecule has 0 fully saturated rings. The van der Waals surface area contributed by atoms with Gasteiger partial charge >= 0.3 is 12.2 Å². The third-order valence-corrected chi connectivity index (χ3v) is 12.7. The topological polar surface area (TPSA) is 132 Å². The second-order valence-electron chi connectivity index (χ2n) is 15.1. The number of hydrogen-bond donors (Lipinski definition) is 1. The largest absolute Gasteiger partial charge is 0.449 e. The highest BCUT2D eigenvalue weighted by Gasteiger charge is 2.31. The van der Waals surface area contributed by atoms with Crippen molar-refractivity contribution in [3.63, 3.8) is 0 Å². The molecule has 12 nitrogen and oxygen atoms in total. The second kappa shape index (κ2) is 22.7. The van der Waals surface area contributed by atoms with Crippen LogP contribution in [-0.2, 0) is 28.0 Å². The maximum atomic E-state index is 13.7. The van der Waals surface area contributed by atoms with Crippen molar-refractivity contribution in [1.29, 1.82) is 5.26 Å². The van der Waals surface area contributed by atoms with E-state index < -0.39 is 20.7 Å². The number of rotatable bonds is 23. The summed E-state index contributed by atoms with van der Waals surface area (Å²) in [5, 5.41) is 11.8. The van der Waals surface area contributed by atoms with Crippen LogP contribution in [0.15, 0.2) is 97.1 Å². The van der Waals surface area contributed by atoms with Gasteiger partial charge in [0.2, 0.25) is 0 Å². The van der Waals surface area contributed by atoms with Crippen LogP contribution < -0.4 is 5.32 Å². The zero-order valence-electron chi connectivity index (χ0n) is 35.1. The number of amides is 2. The molecule has 1 atom stereocenters. The zero-order valence-corrected chi connectivity index (χ0v) is 36.0. The van der Waals surface area contributed by atoms with Gasteiger partial charge in [0.1, 0.15) is 13.2 Å². The quantitative estimate of drug-likeness (QED) is 0.0570. The number of nitrogens with zero attached hydrogens (tertiary/aromatic N) is 3. The highest BCUT2D eigenvalue weighted by molar-refractivity contribution is 7.44. The lowest BCUT2D eigenvalue weighted by molar-refractivity contribution is 0.0252. The van der Waals surface area contributed by atoms with Crippen LogP contribution in [0.3, 0.4) is 0 Å². The minimum Gasteiger partial charge on any atom is -0.449 e. The Kier molecular flexibility index (Phi) is 16.9. The molecule has 0 spiro atoms. The van der Waals surface area contributed by atoms with Crippen LogP contribution in [0.2, 0.25) is 0 Å². The van der Waals surface area contributed by atoms with Crippen LogP contribution in [0.1, 0.15) is 68.2 Å². The molecule has 0 saturated heterocycles. The molecule has 0 radical (unpaired) electrons. The summed E-state index contributed by atoms with van der Waals surface area (Å²) in [7, 11) is -1.34. The molecule has 0 aromatic heterocycles. The molecule has 2 amide bonds. The molecule has 0 aliphatic heterocycles. The Morgan fingerprint density at radius 1 is 0.633 bits per heavy atom. The number of carbonyl (C=O) groups excluding carboxylic acids is 2. The first-order valence-electron chi connectivity index (χ1n) is 20.8. The van der Waals surface area contributed by atoms with Gasteiger partial charge in [0.15, 0.2) is 0 Å². The maximum absolute atomic E-state index is 13.7. The molecule has 0 bridgehead atoms. The summed E-state index contributed by atoms with van der Waals surface area (Å²) in [5.74, 6) is -0.139. The third kappa shape index (κ3) is 11.5. The van der Waals surface area contributed by atoms with Gasteiger partial charge in [0.25, 0.3) is 8.53 Å². The lowest BCUT2D eigenvalue weighted by Gasteiger charge is -2.35. The molecule has 1 unspecified atom stereocenters. The zero-order chi connectivity index (χ0) is 42.3. The average molecular weight is 837 g/mol. The van der Waals surface area contributed by atoms with Crippen molar-refractivity contribution >= 4 is 20.7 Å². The summed E-state index contributed by atoms with van der Waals surface area (Å²) < 4.78 is 37.5. The molecule has 4 aromatic rings. The van der Waals surface area contributed by atoms with Crippen molar-refractivity contribution in [2.45, 2.75) is 58.0 Å². The predicted molar refractivity (Wildman–Crippen MR) is 233 cm³/mol. The van der Waals surface area contributed by atoms with Crippen molar-refractivity contribution in [3.8, 4) is 28.3 Å². The first-order chi connectivity index (χ1) is 29.3. The number of fused-ring (bicyclic) bond motifs is 6. The summed E-state index contributed by atoms with van der Waals surface area (Å²) in [6, 6.07) is 35.4. The van der Waals surface area contributed by atoms with E-state index in [4.69, 9.17) is 33.3 Å². The van der Waals surface area contributed by atoms with Crippen LogP contribution in [0.25, 0.3) is 22.3 Å². The highest BCUT2D eigenvalue weighted by atomic mass is 31.2. The summed E-state index contributed by atoms with van der Waals surface area (Å²) in [5.41, 5.74) is 9.15. The third-order valence-electron chi connectivity index (χ3n) is 10.6. The number of nitrogens with one attached hydrogen (secondary N) is 1. The molecule has 4 aromatic carbocycles. The second-order valence-corrected chi connectivity index (χ2v) is 16.6. The van der Waals surface area contributed by atoms with Gasteiger partial charge in [-0.2, -0.15) is 5.26 Å². The number of benzene rings is 4. The molecule has 6 rings (SSSR count). The van der Waals surface area contributed by atoms with Crippen LogP contribution in [-0.4, -0.2) is 106 Å². The van der Waals surface area contributed by atoms with Crippen LogP contribution in [0, 0.1) is 11.3 Å². The Morgan fingerprint density at radius 3 is 1.58 bits per heavy atom. The fraction of sp³-hybridized carbons (Fsp3) is 0.426. The van der Waals surface area contributed by atoms with E-state index in [1.165, 1.54) is 0 Å². The van der Waals surface area contributed by atoms with E-state index >= 15 is 0 Å². The fourth-order valence-electron chi connectivity index (χ4n) is 7.91. The summed E-state index contributed by atoms with van der Waals surface area (Å²) in [6.45, 7) is 11.2. The van der Waals surface area contributed by atoms with E-state index in [9.17, 15) is 9.59 Å². The van der Waals surface area contributed by atoms with Gasteiger partial charge in [-0.05, 0) is 72.2 Å². The molecule has 2 aliphatic rings. The van der Waals surface area contributed by atoms with Gasteiger partial charge in [-0.25, -0.2) is 14.3 Å². The van der Waals surface area contributed by atoms with Crippen LogP contribution in [0.4, 0.5) is 9.59 Å². The van der Waals surface area contributed by atoms with Gasteiger partial charge < -0.3 is 38.2 Å². The Bertz CT molecular complexity index is 1960. The standard InChI is InChI=1S/C47H57N4O8P/c1-34(2)51(35(3)4)60(58-26-13-22-48)59-31-30-55-29-28-54-27-25-50(47(53)57-33-45-42-20-11-7-16-38(42)39-17-8-12-21-43(39)45)24-23-49-46(52)56-32-44-40-18-9-5-14-36(40)37-15-6-10-19-41(37)44/h5-12,14-21,34-35,44-45H,13,23-33H2,1-4H3,(H,49,52). The van der Waals surface area contributed by atoms with Crippen molar-refractivity contribution in [2.24, 2.45) is 0 Å². The maximum Gasteiger partial charge on any atom is 0.409 e. The van der Waals surface area contributed by atoms with Crippen LogP contribution >= 0.6 is 8.53 Å². The molecule has 60 heavy (non-hydrogen) atoms. The van der Waals surface area contributed by atoms with E-state index in [1.54, 1.807) is 4.90 Å². The molecule has 13 heteroatoms. The van der Waals surface area contributed by atoms with Gasteiger partial charge in [-0.3, -0.25) is 0 Å². The Balaban J connectivity index is 0.977. The SMILES string of the molecule is CC(C)N(C(C)C)P(OCCC#N)OCCOCCOCCN(CCNC(=O)OCC1c2ccccc2-c2ccccc21)C(=O)OCC1c2ccccc2-c2ccccc21. The Morgan fingerprint density at radius 2 is 1.08 bits per heavy atom. The van der Waals surface area contributed by atoms with E-state index in [0.29, 0.717) is 39.5 Å². The number of hydrogen-bond acceptors (Lipinski definition) is 10. The molecule has 2 aliphatic carbocycles. The molecular weight excluding hydrogens is 780 g/mol. The van der Waals surface area contributed by atoms with Gasteiger partial charge in [0.05, 0.1) is 52.1 Å². The number of carbonyl (C=O) groups is 2. The first-order valence-corrected chi connectivity index (χ1v) is 22.0. The lowest BCUT2D eigenvalue weighted by Crippen LogP contribution is -2.41. The monoisotopic (exact) mass is 836 g/mol. The summed E-state index contributed by atoms with van der Waals surface area (Å²) in [4.78, 5) is 28.2. The van der Waals surface area contributed by atoms with Crippen molar-refractivity contribution in [1.82, 2.24) is 14.9 Å². The fourth-order valence-corrected chi connectivity index (χ4v) is 9.48. The minimum absolute atomic E-state index is 0.0545. The first kappa shape index (κ1) is 44.7. The van der Waals surface area contributed by atoms with Gasteiger partial charge in [-0.15, -0.1) is 0 Å². The number of alkyl carbamates (subject to hydrolysis) is 1.